The Labute approximate surface area is 70.6 Å². The molecule has 0 atom stereocenters. The van der Waals surface area contributed by atoms with Crippen LogP contribution in [0.2, 0.25) is 0 Å². The van der Waals surface area contributed by atoms with Gasteiger partial charge in [-0.25, -0.2) is 0 Å². The molecule has 52 valence electrons. The van der Waals surface area contributed by atoms with Gasteiger partial charge in [0.05, 0.1) is 0 Å². The minimum Gasteiger partial charge on any atom is -0.130 e. The monoisotopic (exact) mass is 168 g/mol. The number of hydrogen-bond acceptors (Lipinski definition) is 2. The van der Waals surface area contributed by atoms with Crippen LogP contribution < -0.4 is 0 Å². The van der Waals surface area contributed by atoms with Crippen LogP contribution in [0.25, 0.3) is 0 Å². The summed E-state index contributed by atoms with van der Waals surface area (Å²) in [5.74, 6) is 0. The molecule has 10 heavy (non-hydrogen) atoms. The summed E-state index contributed by atoms with van der Waals surface area (Å²) in [4.78, 5) is 1.28. The third-order valence-electron chi connectivity index (χ3n) is 1.25. The molecule has 0 heterocycles. The Morgan fingerprint density at radius 1 is 1.30 bits per heavy atom. The molecule has 0 unspecified atom stereocenters. The maximum absolute atomic E-state index is 4.77. The molecule has 0 nitrogen and oxygen atoms in total. The van der Waals surface area contributed by atoms with Crippen molar-refractivity contribution >= 4 is 29.3 Å². The lowest BCUT2D eigenvalue weighted by Gasteiger charge is -1.94. The van der Waals surface area contributed by atoms with E-state index in [1.54, 1.807) is 17.1 Å². The molecule has 0 saturated carbocycles. The smallest absolute Gasteiger partial charge is 0.00861 e. The Balaban J connectivity index is 2.90. The van der Waals surface area contributed by atoms with Crippen LogP contribution >= 0.6 is 24.0 Å². The predicted octanol–water partition coefficient (Wildman–Crippen LogP) is 2.76. The van der Waals surface area contributed by atoms with Crippen molar-refractivity contribution in [1.29, 1.82) is 0 Å². The summed E-state index contributed by atoms with van der Waals surface area (Å²) < 4.78 is 0. The van der Waals surface area contributed by atoms with E-state index in [-0.39, 0.29) is 0 Å². The molecule has 0 saturated heterocycles. The van der Waals surface area contributed by atoms with Crippen molar-refractivity contribution in [2.24, 2.45) is 0 Å². The summed E-state index contributed by atoms with van der Waals surface area (Å²) >= 11 is 6.51. The molecule has 0 amide bonds. The van der Waals surface area contributed by atoms with Gasteiger partial charge in [0, 0.05) is 10.3 Å². The lowest BCUT2D eigenvalue weighted by Crippen LogP contribution is -1.75. The Morgan fingerprint density at radius 2 is 1.90 bits per heavy atom. The number of hydrogen-bond donors (Lipinski definition) is 0. The molecular formula is C8H8S2. The third kappa shape index (κ3) is 1.82. The molecule has 1 aromatic carbocycles. The molecule has 0 aromatic heterocycles. The Bertz CT molecular complexity index is 213. The van der Waals surface area contributed by atoms with Gasteiger partial charge in [0.15, 0.2) is 0 Å². The number of thioether (sulfide) groups is 1. The van der Waals surface area contributed by atoms with Gasteiger partial charge in [-0.05, 0) is 24.0 Å². The van der Waals surface area contributed by atoms with E-state index in [0.29, 0.717) is 0 Å². The normalized spacial score (nSPS) is 9.30. The molecule has 0 aliphatic heterocycles. The van der Waals surface area contributed by atoms with Crippen LogP contribution in [-0.4, -0.2) is 11.6 Å². The summed E-state index contributed by atoms with van der Waals surface area (Å²) in [5.41, 5.74) is 1.10. The fourth-order valence-electron chi connectivity index (χ4n) is 0.682. The van der Waals surface area contributed by atoms with Crippen LogP contribution in [0.15, 0.2) is 29.2 Å². The minimum atomic E-state index is 1.10. The first kappa shape index (κ1) is 7.76. The zero-order valence-corrected chi connectivity index (χ0v) is 7.34. The average molecular weight is 168 g/mol. The quantitative estimate of drug-likeness (QED) is 0.492. The van der Waals surface area contributed by atoms with E-state index in [2.05, 4.69) is 18.4 Å². The predicted molar refractivity (Wildman–Crippen MR) is 51.0 cm³/mol. The van der Waals surface area contributed by atoms with Crippen LogP contribution in [0.1, 0.15) is 5.56 Å². The van der Waals surface area contributed by atoms with Crippen molar-refractivity contribution in [1.82, 2.24) is 0 Å². The highest BCUT2D eigenvalue weighted by Gasteiger charge is 1.87. The number of rotatable bonds is 2. The van der Waals surface area contributed by atoms with Crippen LogP contribution in [0, 0.1) is 0 Å². The van der Waals surface area contributed by atoms with E-state index in [9.17, 15) is 0 Å². The first-order valence-electron chi connectivity index (χ1n) is 2.96. The fourth-order valence-corrected chi connectivity index (χ4v) is 1.25. The maximum Gasteiger partial charge on any atom is 0.00861 e. The van der Waals surface area contributed by atoms with Gasteiger partial charge in [0.2, 0.25) is 0 Å². The van der Waals surface area contributed by atoms with Crippen LogP contribution in [0.4, 0.5) is 0 Å². The summed E-state index contributed by atoms with van der Waals surface area (Å²) in [6, 6.07) is 8.20. The lowest BCUT2D eigenvalue weighted by atomic mass is 10.2. The zero-order chi connectivity index (χ0) is 7.40. The van der Waals surface area contributed by atoms with Gasteiger partial charge in [0.1, 0.15) is 0 Å². The minimum absolute atomic E-state index is 1.10. The van der Waals surface area contributed by atoms with Crippen molar-refractivity contribution < 1.29 is 0 Å². The molecule has 1 aromatic rings. The average Bonchev–Trinajstić information content (AvgIpc) is 2.05. The van der Waals surface area contributed by atoms with Gasteiger partial charge in [-0.15, -0.1) is 11.8 Å². The van der Waals surface area contributed by atoms with E-state index in [4.69, 9.17) is 12.2 Å². The maximum atomic E-state index is 4.77. The SMILES string of the molecule is CSc1ccc(C=S)cc1. The molecule has 0 radical (unpaired) electrons. The topological polar surface area (TPSA) is 0 Å². The first-order chi connectivity index (χ1) is 4.86. The lowest BCUT2D eigenvalue weighted by molar-refractivity contribution is 1.46. The van der Waals surface area contributed by atoms with E-state index in [1.807, 2.05) is 12.1 Å². The van der Waals surface area contributed by atoms with Gasteiger partial charge in [-0.2, -0.15) is 0 Å². The van der Waals surface area contributed by atoms with Crippen molar-refractivity contribution in [3.63, 3.8) is 0 Å². The molecule has 1 rings (SSSR count). The second kappa shape index (κ2) is 3.74. The van der Waals surface area contributed by atoms with Crippen molar-refractivity contribution in [3.05, 3.63) is 29.8 Å². The van der Waals surface area contributed by atoms with Gasteiger partial charge >= 0.3 is 0 Å². The third-order valence-corrected chi connectivity index (χ3v) is 2.27. The molecular weight excluding hydrogens is 160 g/mol. The van der Waals surface area contributed by atoms with Crippen molar-refractivity contribution in [2.75, 3.05) is 6.26 Å². The van der Waals surface area contributed by atoms with E-state index in [1.165, 1.54) is 4.90 Å². The van der Waals surface area contributed by atoms with Gasteiger partial charge in [-0.3, -0.25) is 0 Å². The second-order valence-corrected chi connectivity index (χ2v) is 3.01. The highest BCUT2D eigenvalue weighted by molar-refractivity contribution is 7.98. The Hall–Kier alpha value is -0.340. The first-order valence-corrected chi connectivity index (χ1v) is 4.65. The van der Waals surface area contributed by atoms with E-state index in [0.717, 1.165) is 5.56 Å². The second-order valence-electron chi connectivity index (χ2n) is 1.89. The molecule has 0 N–H and O–H groups in total. The van der Waals surface area contributed by atoms with Crippen LogP contribution in [0.5, 0.6) is 0 Å². The van der Waals surface area contributed by atoms with Crippen molar-refractivity contribution in [2.45, 2.75) is 4.90 Å². The van der Waals surface area contributed by atoms with Crippen LogP contribution in [0.3, 0.4) is 0 Å². The molecule has 0 fully saturated rings. The zero-order valence-electron chi connectivity index (χ0n) is 5.70. The van der Waals surface area contributed by atoms with E-state index < -0.39 is 0 Å². The fraction of sp³-hybridized carbons (Fsp3) is 0.125. The molecule has 0 aliphatic rings. The van der Waals surface area contributed by atoms with Crippen molar-refractivity contribution in [3.8, 4) is 0 Å². The Kier molecular flexibility index (Phi) is 2.90. The molecule has 2 heteroatoms. The number of benzene rings is 1. The summed E-state index contributed by atoms with van der Waals surface area (Å²) in [5, 5.41) is 1.68. The summed E-state index contributed by atoms with van der Waals surface area (Å²) in [7, 11) is 0. The standard InChI is InChI=1S/C8H8S2/c1-10-8-4-2-7(6-9)3-5-8/h2-6H,1H3. The molecule has 0 spiro atoms. The van der Waals surface area contributed by atoms with Gasteiger partial charge in [0.25, 0.3) is 0 Å². The highest BCUT2D eigenvalue weighted by atomic mass is 32.2. The molecule has 0 bridgehead atoms. The largest absolute Gasteiger partial charge is 0.130 e. The number of thiocarbonyl (C=S) groups is 1. The van der Waals surface area contributed by atoms with E-state index >= 15 is 0 Å². The summed E-state index contributed by atoms with van der Waals surface area (Å²) in [6.07, 6.45) is 2.06. The van der Waals surface area contributed by atoms with Gasteiger partial charge in [-0.1, -0.05) is 24.4 Å². The highest BCUT2D eigenvalue weighted by Crippen LogP contribution is 2.13. The Morgan fingerprint density at radius 3 is 2.30 bits per heavy atom. The summed E-state index contributed by atoms with van der Waals surface area (Å²) in [6.45, 7) is 0. The van der Waals surface area contributed by atoms with Gasteiger partial charge < -0.3 is 0 Å². The van der Waals surface area contributed by atoms with Crippen LogP contribution in [-0.2, 0) is 0 Å². The molecule has 0 aliphatic carbocycles.